The first-order chi connectivity index (χ1) is 8.65. The summed E-state index contributed by atoms with van der Waals surface area (Å²) in [6.45, 7) is 1.07. The molecule has 0 amide bonds. The predicted molar refractivity (Wildman–Crippen MR) is 70.1 cm³/mol. The molecule has 1 aromatic rings. The molecule has 0 spiro atoms. The van der Waals surface area contributed by atoms with E-state index in [9.17, 15) is 4.79 Å². The van der Waals surface area contributed by atoms with Crippen molar-refractivity contribution in [2.75, 3.05) is 20.3 Å². The molecule has 0 saturated carbocycles. The number of hydrogen-bond acceptors (Lipinski definition) is 3. The molecule has 0 unspecified atom stereocenters. The number of carbonyl (C=O) groups is 1. The number of para-hydroxylation sites is 1. The zero-order chi connectivity index (χ0) is 13.4. The van der Waals surface area contributed by atoms with Gasteiger partial charge in [-0.15, -0.1) is 0 Å². The van der Waals surface area contributed by atoms with Gasteiger partial charge in [0, 0.05) is 31.8 Å². The maximum Gasteiger partial charge on any atom is 0.328 e. The van der Waals surface area contributed by atoms with Crippen molar-refractivity contribution in [3.63, 3.8) is 0 Å². The largest absolute Gasteiger partial charge is 0.491 e. The van der Waals surface area contributed by atoms with E-state index >= 15 is 0 Å². The average molecular weight is 271 g/mol. The summed E-state index contributed by atoms with van der Waals surface area (Å²) in [4.78, 5) is 10.5. The van der Waals surface area contributed by atoms with E-state index in [2.05, 4.69) is 0 Å². The minimum Gasteiger partial charge on any atom is -0.491 e. The number of halogens is 1. The summed E-state index contributed by atoms with van der Waals surface area (Å²) in [6.07, 6.45) is 3.25. The number of benzene rings is 1. The van der Waals surface area contributed by atoms with Crippen LogP contribution in [0.2, 0.25) is 5.02 Å². The first-order valence-electron chi connectivity index (χ1n) is 5.46. The van der Waals surface area contributed by atoms with E-state index in [1.165, 1.54) is 6.08 Å². The first-order valence-corrected chi connectivity index (χ1v) is 5.84. The Kier molecular flexibility index (Phi) is 6.25. The Balaban J connectivity index is 2.77. The fraction of sp³-hybridized carbons (Fsp3) is 0.308. The molecule has 18 heavy (non-hydrogen) atoms. The molecule has 98 valence electrons. The monoisotopic (exact) mass is 270 g/mol. The Morgan fingerprint density at radius 3 is 2.89 bits per heavy atom. The summed E-state index contributed by atoms with van der Waals surface area (Å²) in [7, 11) is 1.62. The molecule has 0 fully saturated rings. The lowest BCUT2D eigenvalue weighted by Gasteiger charge is -2.10. The SMILES string of the molecule is COCCCOc1c(Cl)cccc1/C=C/C(=O)O. The maximum atomic E-state index is 10.5. The molecule has 0 heterocycles. The molecule has 0 aliphatic carbocycles. The summed E-state index contributed by atoms with van der Waals surface area (Å²) in [5.74, 6) is -0.520. The Bertz CT molecular complexity index is 429. The Hall–Kier alpha value is -1.52. The smallest absolute Gasteiger partial charge is 0.328 e. The number of carboxylic acid groups (broad SMARTS) is 1. The third-order valence-electron chi connectivity index (χ3n) is 2.14. The van der Waals surface area contributed by atoms with Crippen LogP contribution in [0.4, 0.5) is 0 Å². The molecule has 0 aromatic heterocycles. The topological polar surface area (TPSA) is 55.8 Å². The van der Waals surface area contributed by atoms with Gasteiger partial charge < -0.3 is 14.6 Å². The molecule has 0 bridgehead atoms. The lowest BCUT2D eigenvalue weighted by Crippen LogP contribution is -2.02. The van der Waals surface area contributed by atoms with Crippen LogP contribution in [-0.2, 0) is 9.53 Å². The van der Waals surface area contributed by atoms with Crippen molar-refractivity contribution < 1.29 is 19.4 Å². The molecule has 5 heteroatoms. The zero-order valence-corrected chi connectivity index (χ0v) is 10.8. The number of hydrogen-bond donors (Lipinski definition) is 1. The van der Waals surface area contributed by atoms with Crippen molar-refractivity contribution in [2.45, 2.75) is 6.42 Å². The van der Waals surface area contributed by atoms with Gasteiger partial charge in [0.15, 0.2) is 0 Å². The van der Waals surface area contributed by atoms with Gasteiger partial charge in [0.2, 0.25) is 0 Å². The highest BCUT2D eigenvalue weighted by molar-refractivity contribution is 6.32. The molecule has 0 radical (unpaired) electrons. The molecule has 0 aliphatic rings. The van der Waals surface area contributed by atoms with Crippen molar-refractivity contribution in [1.82, 2.24) is 0 Å². The maximum absolute atomic E-state index is 10.5. The minimum absolute atomic E-state index is 0.458. The van der Waals surface area contributed by atoms with Crippen LogP contribution in [-0.4, -0.2) is 31.4 Å². The summed E-state index contributed by atoms with van der Waals surface area (Å²) in [5, 5.41) is 9.06. The van der Waals surface area contributed by atoms with E-state index in [1.807, 2.05) is 0 Å². The summed E-state index contributed by atoms with van der Waals surface area (Å²) in [6, 6.07) is 5.19. The first kappa shape index (κ1) is 14.5. The zero-order valence-electron chi connectivity index (χ0n) is 10.1. The number of ether oxygens (including phenoxy) is 2. The normalized spacial score (nSPS) is 10.8. The van der Waals surface area contributed by atoms with Crippen molar-refractivity contribution in [3.05, 3.63) is 34.9 Å². The summed E-state index contributed by atoms with van der Waals surface area (Å²) < 4.78 is 10.5. The highest BCUT2D eigenvalue weighted by Gasteiger charge is 2.06. The lowest BCUT2D eigenvalue weighted by atomic mass is 10.2. The average Bonchev–Trinajstić information content (AvgIpc) is 2.34. The number of aliphatic carboxylic acids is 1. The van der Waals surface area contributed by atoms with Crippen LogP contribution in [0.25, 0.3) is 6.08 Å². The van der Waals surface area contributed by atoms with Gasteiger partial charge in [0.1, 0.15) is 5.75 Å². The van der Waals surface area contributed by atoms with Crippen molar-refractivity contribution in [1.29, 1.82) is 0 Å². The van der Waals surface area contributed by atoms with Gasteiger partial charge in [0.05, 0.1) is 11.6 Å². The second-order valence-corrected chi connectivity index (χ2v) is 3.93. The van der Waals surface area contributed by atoms with Crippen molar-refractivity contribution in [3.8, 4) is 5.75 Å². The lowest BCUT2D eigenvalue weighted by molar-refractivity contribution is -0.131. The molecular formula is C13H15ClO4. The van der Waals surface area contributed by atoms with E-state index in [-0.39, 0.29) is 0 Å². The van der Waals surface area contributed by atoms with E-state index in [0.29, 0.717) is 29.5 Å². The molecule has 4 nitrogen and oxygen atoms in total. The standard InChI is InChI=1S/C13H15ClO4/c1-17-8-3-9-18-13-10(6-7-12(15)16)4-2-5-11(13)14/h2,4-7H,3,8-9H2,1H3,(H,15,16)/b7-6+. The molecule has 1 rings (SSSR count). The van der Waals surface area contributed by atoms with E-state index in [4.69, 9.17) is 26.2 Å². The Morgan fingerprint density at radius 1 is 1.44 bits per heavy atom. The van der Waals surface area contributed by atoms with Gasteiger partial charge in [-0.1, -0.05) is 23.7 Å². The molecule has 1 N–H and O–H groups in total. The number of rotatable bonds is 7. The molecule has 0 saturated heterocycles. The molecule has 1 aromatic carbocycles. The minimum atomic E-state index is -1.01. The van der Waals surface area contributed by atoms with E-state index in [0.717, 1.165) is 12.5 Å². The summed E-state index contributed by atoms with van der Waals surface area (Å²) in [5.41, 5.74) is 0.641. The van der Waals surface area contributed by atoms with Crippen molar-refractivity contribution >= 4 is 23.6 Å². The predicted octanol–water partition coefficient (Wildman–Crippen LogP) is 2.85. The van der Waals surface area contributed by atoms with Gasteiger partial charge in [-0.2, -0.15) is 0 Å². The molecule has 0 atom stereocenters. The van der Waals surface area contributed by atoms with Crippen LogP contribution in [0.3, 0.4) is 0 Å². The second kappa shape index (κ2) is 7.74. The fourth-order valence-corrected chi connectivity index (χ4v) is 1.58. The van der Waals surface area contributed by atoms with E-state index < -0.39 is 5.97 Å². The van der Waals surface area contributed by atoms with Crippen LogP contribution in [0.1, 0.15) is 12.0 Å². The molecular weight excluding hydrogens is 256 g/mol. The number of carboxylic acids is 1. The van der Waals surface area contributed by atoms with Crippen LogP contribution in [0, 0.1) is 0 Å². The van der Waals surface area contributed by atoms with Crippen LogP contribution >= 0.6 is 11.6 Å². The quantitative estimate of drug-likeness (QED) is 0.611. The van der Waals surface area contributed by atoms with Crippen LogP contribution in [0.5, 0.6) is 5.75 Å². The highest BCUT2D eigenvalue weighted by Crippen LogP contribution is 2.29. The van der Waals surface area contributed by atoms with Crippen LogP contribution in [0.15, 0.2) is 24.3 Å². The van der Waals surface area contributed by atoms with Gasteiger partial charge in [-0.3, -0.25) is 0 Å². The van der Waals surface area contributed by atoms with E-state index in [1.54, 1.807) is 25.3 Å². The van der Waals surface area contributed by atoms with Crippen molar-refractivity contribution in [2.24, 2.45) is 0 Å². The second-order valence-electron chi connectivity index (χ2n) is 3.52. The Labute approximate surface area is 111 Å². The van der Waals surface area contributed by atoms with Gasteiger partial charge >= 0.3 is 5.97 Å². The van der Waals surface area contributed by atoms with Gasteiger partial charge in [0.25, 0.3) is 0 Å². The molecule has 0 aliphatic heterocycles. The third-order valence-corrected chi connectivity index (χ3v) is 2.44. The summed E-state index contributed by atoms with van der Waals surface area (Å²) >= 11 is 6.02. The Morgan fingerprint density at radius 2 is 2.22 bits per heavy atom. The number of methoxy groups -OCH3 is 1. The van der Waals surface area contributed by atoms with Crippen LogP contribution < -0.4 is 4.74 Å². The highest BCUT2D eigenvalue weighted by atomic mass is 35.5. The van der Waals surface area contributed by atoms with Gasteiger partial charge in [-0.05, 0) is 12.1 Å². The van der Waals surface area contributed by atoms with Gasteiger partial charge in [-0.25, -0.2) is 4.79 Å². The fourth-order valence-electron chi connectivity index (χ4n) is 1.35. The third kappa shape index (κ3) is 4.77.